The van der Waals surface area contributed by atoms with Gasteiger partial charge in [-0.1, -0.05) is 0 Å². The average molecular weight is 258 g/mol. The Hall–Kier alpha value is -1.33. The van der Waals surface area contributed by atoms with Crippen LogP contribution in [0, 0.1) is 0 Å². The minimum Gasteiger partial charge on any atom is -0.478 e. The van der Waals surface area contributed by atoms with E-state index in [-0.39, 0.29) is 18.0 Å². The average Bonchev–Trinajstić information content (AvgIpc) is 2.57. The summed E-state index contributed by atoms with van der Waals surface area (Å²) in [5, 5.41) is 12.1. The van der Waals surface area contributed by atoms with Crippen LogP contribution in [0.25, 0.3) is 0 Å². The van der Waals surface area contributed by atoms with Gasteiger partial charge in [0.2, 0.25) is 0 Å². The number of rotatable bonds is 2. The molecule has 1 saturated heterocycles. The minimum atomic E-state index is -0.934. The van der Waals surface area contributed by atoms with Gasteiger partial charge in [0.25, 0.3) is 0 Å². The summed E-state index contributed by atoms with van der Waals surface area (Å²) in [5.41, 5.74) is 0.233. The highest BCUT2D eigenvalue weighted by atomic mass is 35.5. The summed E-state index contributed by atoms with van der Waals surface area (Å²) in [6.45, 7) is 3.86. The molecule has 0 unspecified atom stereocenters. The third kappa shape index (κ3) is 3.57. The molecule has 2 N–H and O–H groups in total. The maximum atomic E-state index is 10.7. The topological polar surface area (TPSA) is 65.5 Å². The van der Waals surface area contributed by atoms with Gasteiger partial charge in [0, 0.05) is 25.8 Å². The molecule has 1 aromatic rings. The Morgan fingerprint density at radius 1 is 1.35 bits per heavy atom. The lowest BCUT2D eigenvalue weighted by atomic mass is 10.3. The number of aromatic carboxylic acids is 1. The number of carboxylic acids is 1. The first kappa shape index (κ1) is 13.7. The number of carbonyl (C=O) groups is 1. The van der Waals surface area contributed by atoms with E-state index in [1.807, 2.05) is 0 Å². The van der Waals surface area contributed by atoms with Crippen LogP contribution in [0.1, 0.15) is 16.8 Å². The van der Waals surface area contributed by atoms with Crippen molar-refractivity contribution in [1.82, 2.24) is 10.3 Å². The lowest BCUT2D eigenvalue weighted by Gasteiger charge is -2.20. The summed E-state index contributed by atoms with van der Waals surface area (Å²) in [6, 6.07) is 3.37. The molecule has 0 aromatic carbocycles. The third-order valence-corrected chi connectivity index (χ3v) is 2.66. The van der Waals surface area contributed by atoms with Gasteiger partial charge < -0.3 is 15.3 Å². The molecule has 1 aromatic heterocycles. The fourth-order valence-corrected chi connectivity index (χ4v) is 1.77. The summed E-state index contributed by atoms with van der Waals surface area (Å²) in [4.78, 5) is 17.0. The van der Waals surface area contributed by atoms with Gasteiger partial charge >= 0.3 is 5.97 Å². The second-order valence-corrected chi connectivity index (χ2v) is 3.80. The summed E-state index contributed by atoms with van der Waals surface area (Å²) >= 11 is 0. The second-order valence-electron chi connectivity index (χ2n) is 3.80. The van der Waals surface area contributed by atoms with Crippen LogP contribution in [-0.2, 0) is 0 Å². The van der Waals surface area contributed by atoms with Crippen LogP contribution in [0.3, 0.4) is 0 Å². The summed E-state index contributed by atoms with van der Waals surface area (Å²) in [5.74, 6) is -0.0784. The monoisotopic (exact) mass is 257 g/mol. The molecular weight excluding hydrogens is 242 g/mol. The van der Waals surface area contributed by atoms with Gasteiger partial charge in [0.15, 0.2) is 0 Å². The summed E-state index contributed by atoms with van der Waals surface area (Å²) < 4.78 is 0. The Kier molecular flexibility index (Phi) is 5.18. The van der Waals surface area contributed by atoms with Crippen molar-refractivity contribution >= 4 is 24.2 Å². The fraction of sp³-hybridized carbons (Fsp3) is 0.455. The van der Waals surface area contributed by atoms with Crippen molar-refractivity contribution in [3.63, 3.8) is 0 Å². The number of pyridine rings is 1. The molecule has 0 bridgehead atoms. The molecule has 0 atom stereocenters. The highest BCUT2D eigenvalue weighted by Crippen LogP contribution is 2.12. The SMILES string of the molecule is Cl.O=C(O)c1ccc(N2CCCNCC2)nc1. The first-order chi connectivity index (χ1) is 7.77. The van der Waals surface area contributed by atoms with E-state index < -0.39 is 5.97 Å². The predicted octanol–water partition coefficient (Wildman–Crippen LogP) is 1.00. The predicted molar refractivity (Wildman–Crippen MR) is 68.1 cm³/mol. The zero-order chi connectivity index (χ0) is 11.4. The van der Waals surface area contributed by atoms with Gasteiger partial charge in [-0.05, 0) is 25.1 Å². The molecule has 2 heterocycles. The van der Waals surface area contributed by atoms with E-state index in [4.69, 9.17) is 5.11 Å². The minimum absolute atomic E-state index is 0. The second kappa shape index (κ2) is 6.42. The maximum absolute atomic E-state index is 10.7. The van der Waals surface area contributed by atoms with E-state index in [1.165, 1.54) is 6.20 Å². The Bertz CT molecular complexity index is 361. The Labute approximate surface area is 106 Å². The van der Waals surface area contributed by atoms with Crippen LogP contribution < -0.4 is 10.2 Å². The molecular formula is C11H16ClN3O2. The smallest absolute Gasteiger partial charge is 0.337 e. The number of nitrogens with zero attached hydrogens (tertiary/aromatic N) is 2. The van der Waals surface area contributed by atoms with Gasteiger partial charge in [-0.15, -0.1) is 12.4 Å². The highest BCUT2D eigenvalue weighted by Gasteiger charge is 2.11. The molecule has 0 spiro atoms. The number of carboxylic acid groups (broad SMARTS) is 1. The van der Waals surface area contributed by atoms with Gasteiger partial charge in [-0.3, -0.25) is 0 Å². The lowest BCUT2D eigenvalue weighted by molar-refractivity contribution is 0.0696. The molecule has 0 radical (unpaired) electrons. The first-order valence-electron chi connectivity index (χ1n) is 5.42. The molecule has 6 heteroatoms. The van der Waals surface area contributed by atoms with Crippen LogP contribution in [0.2, 0.25) is 0 Å². The largest absolute Gasteiger partial charge is 0.478 e. The van der Waals surface area contributed by atoms with Crippen molar-refractivity contribution in [2.24, 2.45) is 0 Å². The van der Waals surface area contributed by atoms with Crippen LogP contribution in [0.5, 0.6) is 0 Å². The number of halogens is 1. The molecule has 0 saturated carbocycles. The first-order valence-corrected chi connectivity index (χ1v) is 5.42. The van der Waals surface area contributed by atoms with Crippen molar-refractivity contribution in [1.29, 1.82) is 0 Å². The van der Waals surface area contributed by atoms with Crippen molar-refractivity contribution in [2.75, 3.05) is 31.1 Å². The number of aromatic nitrogens is 1. The molecule has 1 fully saturated rings. The molecule has 5 nitrogen and oxygen atoms in total. The Balaban J connectivity index is 0.00000144. The number of hydrogen-bond donors (Lipinski definition) is 2. The van der Waals surface area contributed by atoms with E-state index >= 15 is 0 Å². The van der Waals surface area contributed by atoms with Crippen molar-refractivity contribution in [2.45, 2.75) is 6.42 Å². The van der Waals surface area contributed by atoms with Crippen LogP contribution in [0.4, 0.5) is 5.82 Å². The van der Waals surface area contributed by atoms with Crippen LogP contribution >= 0.6 is 12.4 Å². The normalized spacial score (nSPS) is 15.9. The van der Waals surface area contributed by atoms with E-state index in [1.54, 1.807) is 12.1 Å². The van der Waals surface area contributed by atoms with E-state index in [9.17, 15) is 4.79 Å². The van der Waals surface area contributed by atoms with Crippen LogP contribution in [0.15, 0.2) is 18.3 Å². The Morgan fingerprint density at radius 2 is 2.18 bits per heavy atom. The number of anilines is 1. The standard InChI is InChI=1S/C11H15N3O2.ClH/c15-11(16)9-2-3-10(13-8-9)14-6-1-4-12-5-7-14;/h2-3,8,12H,1,4-7H2,(H,15,16);1H. The third-order valence-electron chi connectivity index (χ3n) is 2.66. The number of hydrogen-bond acceptors (Lipinski definition) is 4. The van der Waals surface area contributed by atoms with Crippen molar-refractivity contribution in [3.05, 3.63) is 23.9 Å². The van der Waals surface area contributed by atoms with Crippen molar-refractivity contribution < 1.29 is 9.90 Å². The molecule has 17 heavy (non-hydrogen) atoms. The molecule has 0 amide bonds. The quantitative estimate of drug-likeness (QED) is 0.828. The summed E-state index contributed by atoms with van der Waals surface area (Å²) in [6.07, 6.45) is 2.50. The van der Waals surface area contributed by atoms with Gasteiger partial charge in [0.1, 0.15) is 5.82 Å². The van der Waals surface area contributed by atoms with E-state index in [2.05, 4.69) is 15.2 Å². The van der Waals surface area contributed by atoms with Crippen molar-refractivity contribution in [3.8, 4) is 0 Å². The zero-order valence-electron chi connectivity index (χ0n) is 9.43. The Morgan fingerprint density at radius 3 is 2.82 bits per heavy atom. The van der Waals surface area contributed by atoms with Crippen LogP contribution in [-0.4, -0.2) is 42.2 Å². The molecule has 2 rings (SSSR count). The lowest BCUT2D eigenvalue weighted by Crippen LogP contribution is -2.28. The highest BCUT2D eigenvalue weighted by molar-refractivity contribution is 5.87. The van der Waals surface area contributed by atoms with Gasteiger partial charge in [-0.25, -0.2) is 9.78 Å². The molecule has 1 aliphatic heterocycles. The molecule has 0 aliphatic carbocycles. The molecule has 94 valence electrons. The zero-order valence-corrected chi connectivity index (χ0v) is 10.2. The maximum Gasteiger partial charge on any atom is 0.337 e. The van der Waals surface area contributed by atoms with E-state index in [0.717, 1.165) is 38.4 Å². The van der Waals surface area contributed by atoms with Gasteiger partial charge in [-0.2, -0.15) is 0 Å². The number of nitrogens with one attached hydrogen (secondary N) is 1. The van der Waals surface area contributed by atoms with Gasteiger partial charge in [0.05, 0.1) is 5.56 Å². The fourth-order valence-electron chi connectivity index (χ4n) is 1.77. The molecule has 1 aliphatic rings. The summed E-state index contributed by atoms with van der Waals surface area (Å²) in [7, 11) is 0. The van der Waals surface area contributed by atoms with E-state index in [0.29, 0.717) is 0 Å².